The molecule has 3 aromatic carbocycles. The van der Waals surface area contributed by atoms with Crippen molar-refractivity contribution in [1.29, 1.82) is 0 Å². The predicted molar refractivity (Wildman–Crippen MR) is 360 cm³/mol. The van der Waals surface area contributed by atoms with Crippen molar-refractivity contribution in [3.8, 4) is 23.0 Å². The van der Waals surface area contributed by atoms with Crippen molar-refractivity contribution in [2.75, 3.05) is 60.2 Å². The number of hydrogen-bond donors (Lipinski definition) is 7. The third kappa shape index (κ3) is 15.9. The largest absolute Gasteiger partial charge is 0.497 e. The Kier molecular flexibility index (Phi) is 22.8. The molecule has 30 heteroatoms. The third-order valence-electron chi connectivity index (χ3n) is 18.6. The van der Waals surface area contributed by atoms with E-state index in [9.17, 15) is 43.2 Å². The van der Waals surface area contributed by atoms with E-state index < -0.39 is 179 Å². The van der Waals surface area contributed by atoms with Crippen LogP contribution in [0.1, 0.15) is 110 Å². The number of nitrogens with two attached hydrogens (primary N) is 1. The lowest BCUT2D eigenvalue weighted by Crippen LogP contribution is -2.61. The Bertz CT molecular complexity index is 4060. The summed E-state index contributed by atoms with van der Waals surface area (Å²) in [5.74, 6) is -11.0. The SMILES string of the molecule is COc1ccc(C[C@@H]2NC(=O)CN(C)C(=O)[C@@H]3CCCN3C(=O)[C@@H](C(C)C)NC(=O)[C@@H](NC(=O)c3c4nc5c(C(=O)N[C@@H]6C(=O)N[C@H](C(C)C)C(=O)N7CCC[C@H]7C(=O)N(C)CC(=O)N[C@@H](Cc7ccc(OC)cc7)C(=O)O[C@@H]6C)ccc(C)c5oc-4c(C)c(=O)c3N)[C@@H](C)OC2=O)cc1. The molecule has 8 N–H and O–H groups in total. The van der Waals surface area contributed by atoms with Gasteiger partial charge in [0.2, 0.25) is 52.7 Å². The molecular weight excluding hydrogens is 1300 g/mol. The third-order valence-corrected chi connectivity index (χ3v) is 18.6. The van der Waals surface area contributed by atoms with Crippen molar-refractivity contribution in [2.45, 2.75) is 154 Å². The van der Waals surface area contributed by atoms with Gasteiger partial charge in [-0.1, -0.05) is 58.0 Å². The molecule has 10 atom stereocenters. The number of nitrogens with one attached hydrogen (secondary N) is 6. The normalized spacial score (nSPS) is 24.3. The van der Waals surface area contributed by atoms with Gasteiger partial charge in [0.05, 0.1) is 44.1 Å². The number of carbonyl (C=O) groups is 12. The van der Waals surface area contributed by atoms with Crippen molar-refractivity contribution in [2.24, 2.45) is 11.8 Å². The number of rotatable bonds is 12. The maximum absolute atomic E-state index is 15.4. The molecule has 3 aromatic rings. The first kappa shape index (κ1) is 73.6. The van der Waals surface area contributed by atoms with Crippen LogP contribution >= 0.6 is 0 Å². The number of amides is 10. The molecule has 534 valence electrons. The van der Waals surface area contributed by atoms with E-state index in [1.54, 1.807) is 83.1 Å². The van der Waals surface area contributed by atoms with E-state index in [1.165, 1.54) is 71.0 Å². The van der Waals surface area contributed by atoms with E-state index in [-0.39, 0.29) is 66.8 Å². The van der Waals surface area contributed by atoms with Crippen LogP contribution in [0.15, 0.2) is 69.9 Å². The molecule has 100 heavy (non-hydrogen) atoms. The Morgan fingerprint density at radius 3 is 1.46 bits per heavy atom. The smallest absolute Gasteiger partial charge is 0.329 e. The fourth-order valence-electron chi connectivity index (χ4n) is 12.9. The van der Waals surface area contributed by atoms with Gasteiger partial charge in [-0.25, -0.2) is 14.6 Å². The molecule has 5 heterocycles. The molecule has 4 fully saturated rings. The molecule has 10 amide bonds. The molecule has 9 rings (SSSR count). The Hall–Kier alpha value is -10.7. The van der Waals surface area contributed by atoms with E-state index >= 15 is 19.2 Å². The molecule has 0 bridgehead atoms. The van der Waals surface area contributed by atoms with Crippen LogP contribution in [0.5, 0.6) is 11.5 Å². The van der Waals surface area contributed by atoms with Gasteiger partial charge < -0.3 is 80.6 Å². The van der Waals surface area contributed by atoms with Crippen molar-refractivity contribution in [1.82, 2.24) is 56.5 Å². The number of nitrogen functional groups attached to an aromatic ring is 1. The molecule has 0 aromatic heterocycles. The topological polar surface area (TPSA) is 396 Å². The summed E-state index contributed by atoms with van der Waals surface area (Å²) in [7, 11) is 5.74. The second kappa shape index (κ2) is 31.0. The number of carbonyl (C=O) groups excluding carboxylic acids is 12. The van der Waals surface area contributed by atoms with Crippen LogP contribution in [0.4, 0.5) is 5.69 Å². The molecule has 5 aliphatic heterocycles. The van der Waals surface area contributed by atoms with Gasteiger partial charge in [-0.2, -0.15) is 0 Å². The maximum atomic E-state index is 15.4. The summed E-state index contributed by atoms with van der Waals surface area (Å²) in [6.07, 6.45) is -2.22. The Morgan fingerprint density at radius 1 is 0.610 bits per heavy atom. The lowest BCUT2D eigenvalue weighted by Gasteiger charge is -2.34. The quantitative estimate of drug-likeness (QED) is 0.0525. The first-order chi connectivity index (χ1) is 47.4. The summed E-state index contributed by atoms with van der Waals surface area (Å²) in [5.41, 5.74) is 4.47. The van der Waals surface area contributed by atoms with Crippen molar-refractivity contribution >= 4 is 87.8 Å². The number of methoxy groups -OCH3 is 2. The lowest BCUT2D eigenvalue weighted by atomic mass is 9.98. The van der Waals surface area contributed by atoms with Gasteiger partial charge in [0.25, 0.3) is 11.8 Å². The number of anilines is 1. The van der Waals surface area contributed by atoms with Gasteiger partial charge in [0.1, 0.15) is 83.3 Å². The van der Waals surface area contributed by atoms with Gasteiger partial charge in [0, 0.05) is 45.6 Å². The minimum Gasteiger partial charge on any atom is -0.497 e. The molecule has 0 spiro atoms. The predicted octanol–water partition coefficient (Wildman–Crippen LogP) is 1.23. The number of nitrogens with zero attached hydrogens (tertiary/aromatic N) is 5. The second-order valence-electron chi connectivity index (χ2n) is 26.5. The van der Waals surface area contributed by atoms with Crippen LogP contribution < -0.4 is 52.5 Å². The monoisotopic (exact) mass is 1380 g/mol. The summed E-state index contributed by atoms with van der Waals surface area (Å²) in [4.78, 5) is 199. The van der Waals surface area contributed by atoms with E-state index in [1.807, 2.05) is 0 Å². The summed E-state index contributed by atoms with van der Waals surface area (Å²) >= 11 is 0. The lowest BCUT2D eigenvalue weighted by molar-refractivity contribution is -0.156. The van der Waals surface area contributed by atoms with Crippen LogP contribution in [0, 0.1) is 25.7 Å². The minimum atomic E-state index is -1.94. The highest BCUT2D eigenvalue weighted by atomic mass is 16.6. The van der Waals surface area contributed by atoms with Crippen molar-refractivity contribution < 1.29 is 80.9 Å². The number of esters is 2. The molecule has 6 aliphatic rings. The summed E-state index contributed by atoms with van der Waals surface area (Å²) < 4.78 is 29.0. The number of cyclic esters (lactones) is 2. The van der Waals surface area contributed by atoms with E-state index in [2.05, 4.69) is 31.9 Å². The molecule has 0 radical (unpaired) electrons. The highest BCUT2D eigenvalue weighted by Gasteiger charge is 2.46. The maximum Gasteiger partial charge on any atom is 0.329 e. The number of hydrogen-bond acceptors (Lipinski definition) is 20. The summed E-state index contributed by atoms with van der Waals surface area (Å²) in [5, 5.41) is 16.0. The van der Waals surface area contributed by atoms with Crippen LogP contribution in [0.2, 0.25) is 0 Å². The highest BCUT2D eigenvalue weighted by Crippen LogP contribution is 2.35. The van der Waals surface area contributed by atoms with Crippen LogP contribution in [-0.2, 0) is 70.3 Å². The molecular formula is C70H86N12O18. The Balaban J connectivity index is 1.11. The van der Waals surface area contributed by atoms with Crippen LogP contribution in [-0.4, -0.2) is 211 Å². The van der Waals surface area contributed by atoms with Crippen molar-refractivity contribution in [3.63, 3.8) is 0 Å². The zero-order chi connectivity index (χ0) is 72.9. The number of ether oxygens (including phenoxy) is 4. The Morgan fingerprint density at radius 2 is 1.04 bits per heavy atom. The van der Waals surface area contributed by atoms with E-state index in [0.717, 1.165) is 9.80 Å². The van der Waals surface area contributed by atoms with Crippen LogP contribution in [0.25, 0.3) is 22.6 Å². The van der Waals surface area contributed by atoms with Gasteiger partial charge in [-0.3, -0.25) is 52.7 Å². The van der Waals surface area contributed by atoms with Crippen molar-refractivity contribution in [3.05, 3.63) is 104 Å². The Labute approximate surface area is 576 Å². The fourth-order valence-corrected chi connectivity index (χ4v) is 12.9. The van der Waals surface area contributed by atoms with E-state index in [4.69, 9.17) is 34.1 Å². The summed E-state index contributed by atoms with van der Waals surface area (Å²) in [6.45, 7) is 11.4. The fraction of sp³-hybridized carbons (Fsp3) is 0.486. The second-order valence-corrected chi connectivity index (χ2v) is 26.5. The number of fused-ring (bicyclic) bond motifs is 4. The van der Waals surface area contributed by atoms with Gasteiger partial charge >= 0.3 is 11.9 Å². The minimum absolute atomic E-state index is 0.102. The summed E-state index contributed by atoms with van der Waals surface area (Å²) in [6, 6.07) is 4.61. The molecule has 0 unspecified atom stereocenters. The van der Waals surface area contributed by atoms with Gasteiger partial charge in [-0.05, 0) is 112 Å². The van der Waals surface area contributed by atoms with Gasteiger partial charge in [-0.15, -0.1) is 0 Å². The molecule has 1 aliphatic carbocycles. The molecule has 30 nitrogen and oxygen atoms in total. The zero-order valence-electron chi connectivity index (χ0n) is 57.9. The molecule has 0 saturated carbocycles. The highest BCUT2D eigenvalue weighted by molar-refractivity contribution is 6.10. The number of aromatic nitrogens is 1. The zero-order valence-corrected chi connectivity index (χ0v) is 57.9. The average Bonchev–Trinajstić information content (AvgIpc) is 0.806. The van der Waals surface area contributed by atoms with Crippen LogP contribution in [0.3, 0.4) is 0 Å². The van der Waals surface area contributed by atoms with Gasteiger partial charge in [0.15, 0.2) is 11.3 Å². The first-order valence-electron chi connectivity index (χ1n) is 33.2. The van der Waals surface area contributed by atoms with E-state index in [0.29, 0.717) is 41.0 Å². The standard InChI is InChI=1S/C70H86N12O18/c1-33(2)52-67(92)81-27-13-15-46(81)65(90)79(9)31-48(83)72-44(29-39-18-22-41(96-11)23-19-39)69(94)98-37(7)54(63(88)75-52)77-61(86)43-26-17-35(5)59-56(43)74-57-50(51(71)58(85)36(6)60(57)100-59)62(87)78-55-38(8)99-70(95)45(30-40-20-24-42(97-12)25-21-40)73-49(84)32-80(10)66(91)47-16-14-28-82(47)68(93)53(34(3)4)76-64(55)89/h17-26,33-34,37-38,44-47,52-55H,13-16,27-32,71H2,1-12H3,(H,72,83)(H,73,84)(H,75,88)(H,76,89)(H,77,86)(H,78,87)/t37-,38-,44+,45+,46+,47+,52-,53-,54+,55+/m1/s1. The first-order valence-corrected chi connectivity index (χ1v) is 33.2. The average molecular weight is 1380 g/mol. The number of likely N-dealkylation sites (N-methyl/N-ethyl adjacent to an activating group) is 2. The number of benzene rings is 4. The number of aryl methyl sites for hydroxylation is 1. The molecule has 4 saturated heterocycles.